The minimum absolute atomic E-state index is 0.0517. The number of ether oxygens (including phenoxy) is 3. The van der Waals surface area contributed by atoms with Crippen LogP contribution in [0, 0.1) is 0 Å². The van der Waals surface area contributed by atoms with Gasteiger partial charge >= 0.3 is 12.1 Å². The summed E-state index contributed by atoms with van der Waals surface area (Å²) in [5.74, 6) is -0.667. The van der Waals surface area contributed by atoms with Gasteiger partial charge in [-0.1, -0.05) is 84.9 Å². The first kappa shape index (κ1) is 23.3. The second kappa shape index (κ2) is 11.3. The third-order valence-electron chi connectivity index (χ3n) is 5.66. The number of carbonyl (C=O) groups excluding carboxylic acids is 2. The van der Waals surface area contributed by atoms with E-state index >= 15 is 0 Å². The Morgan fingerprint density at radius 2 is 1.50 bits per heavy atom. The van der Waals surface area contributed by atoms with E-state index in [0.717, 1.165) is 27.8 Å². The van der Waals surface area contributed by atoms with Crippen molar-refractivity contribution in [1.82, 2.24) is 5.32 Å². The maximum Gasteiger partial charge on any atom is 0.407 e. The van der Waals surface area contributed by atoms with E-state index in [2.05, 4.69) is 24.0 Å². The molecule has 6 heteroatoms. The van der Waals surface area contributed by atoms with Crippen LogP contribution in [0.15, 0.2) is 91.5 Å². The van der Waals surface area contributed by atoms with E-state index in [9.17, 15) is 9.59 Å². The van der Waals surface area contributed by atoms with E-state index in [0.29, 0.717) is 0 Å². The number of alkyl carbamates (subject to hydrolysis) is 1. The lowest BCUT2D eigenvalue weighted by atomic mass is 9.98. The molecular formula is C28H27NO5. The lowest BCUT2D eigenvalue weighted by Crippen LogP contribution is -2.45. The Morgan fingerprint density at radius 1 is 0.882 bits per heavy atom. The van der Waals surface area contributed by atoms with Crippen LogP contribution in [-0.2, 0) is 25.6 Å². The van der Waals surface area contributed by atoms with Gasteiger partial charge in [-0.05, 0) is 27.8 Å². The lowest BCUT2D eigenvalue weighted by Gasteiger charge is -2.19. The number of hydrogen-bond donors (Lipinski definition) is 1. The lowest BCUT2D eigenvalue weighted by molar-refractivity contribution is -0.149. The van der Waals surface area contributed by atoms with Crippen LogP contribution >= 0.6 is 0 Å². The summed E-state index contributed by atoms with van der Waals surface area (Å²) < 4.78 is 16.3. The summed E-state index contributed by atoms with van der Waals surface area (Å²) in [7, 11) is 0. The van der Waals surface area contributed by atoms with Crippen molar-refractivity contribution in [2.75, 3.05) is 19.8 Å². The SMILES string of the molecule is C=CCOC[C@H](NC(=O)OCC1c2ccccc2-c2ccccc21)C(=O)OCc1ccccc1. The van der Waals surface area contributed by atoms with Gasteiger partial charge in [-0.3, -0.25) is 0 Å². The van der Waals surface area contributed by atoms with Crippen LogP contribution in [0.25, 0.3) is 11.1 Å². The first-order valence-corrected chi connectivity index (χ1v) is 11.2. The van der Waals surface area contributed by atoms with Crippen molar-refractivity contribution in [2.24, 2.45) is 0 Å². The fraction of sp³-hybridized carbons (Fsp3) is 0.214. The molecule has 0 spiro atoms. The number of benzene rings is 3. The number of carbonyl (C=O) groups is 2. The van der Waals surface area contributed by atoms with E-state index in [1.807, 2.05) is 66.7 Å². The van der Waals surface area contributed by atoms with Crippen LogP contribution in [0.5, 0.6) is 0 Å². The Hall–Kier alpha value is -3.90. The molecule has 34 heavy (non-hydrogen) atoms. The molecule has 1 aliphatic carbocycles. The van der Waals surface area contributed by atoms with Gasteiger partial charge in [0.1, 0.15) is 13.2 Å². The molecule has 1 atom stereocenters. The first-order chi connectivity index (χ1) is 16.7. The molecular weight excluding hydrogens is 430 g/mol. The van der Waals surface area contributed by atoms with E-state index in [1.165, 1.54) is 0 Å². The fourth-order valence-electron chi connectivity index (χ4n) is 4.05. The Kier molecular flexibility index (Phi) is 7.73. The third kappa shape index (κ3) is 5.53. The molecule has 0 heterocycles. The quantitative estimate of drug-likeness (QED) is 0.268. The van der Waals surface area contributed by atoms with E-state index < -0.39 is 18.1 Å². The summed E-state index contributed by atoms with van der Waals surface area (Å²) in [4.78, 5) is 25.3. The highest BCUT2D eigenvalue weighted by atomic mass is 16.6. The van der Waals surface area contributed by atoms with E-state index in [1.54, 1.807) is 6.08 Å². The van der Waals surface area contributed by atoms with Crippen LogP contribution in [0.1, 0.15) is 22.6 Å². The number of hydrogen-bond acceptors (Lipinski definition) is 5. The predicted octanol–water partition coefficient (Wildman–Crippen LogP) is 4.84. The molecule has 3 aromatic rings. The number of nitrogens with one attached hydrogen (secondary N) is 1. The van der Waals surface area contributed by atoms with Crippen molar-refractivity contribution < 1.29 is 23.8 Å². The molecule has 6 nitrogen and oxygen atoms in total. The van der Waals surface area contributed by atoms with Gasteiger partial charge in [0.25, 0.3) is 0 Å². The monoisotopic (exact) mass is 457 g/mol. The average Bonchev–Trinajstić information content (AvgIpc) is 3.20. The normalized spacial score (nSPS) is 12.8. The van der Waals surface area contributed by atoms with Crippen LogP contribution < -0.4 is 5.32 Å². The van der Waals surface area contributed by atoms with Gasteiger partial charge in [-0.15, -0.1) is 6.58 Å². The van der Waals surface area contributed by atoms with Crippen molar-refractivity contribution in [2.45, 2.75) is 18.6 Å². The molecule has 174 valence electrons. The number of amides is 1. The Balaban J connectivity index is 1.37. The van der Waals surface area contributed by atoms with Crippen LogP contribution in [0.3, 0.4) is 0 Å². The zero-order valence-corrected chi connectivity index (χ0v) is 18.8. The molecule has 1 N–H and O–H groups in total. The maximum atomic E-state index is 12.6. The second-order valence-corrected chi connectivity index (χ2v) is 7.94. The minimum atomic E-state index is -1.00. The van der Waals surface area contributed by atoms with Crippen molar-refractivity contribution >= 4 is 12.1 Å². The summed E-state index contributed by atoms with van der Waals surface area (Å²) >= 11 is 0. The number of fused-ring (bicyclic) bond motifs is 3. The van der Waals surface area contributed by atoms with Crippen molar-refractivity contribution in [3.05, 3.63) is 108 Å². The van der Waals surface area contributed by atoms with E-state index in [4.69, 9.17) is 14.2 Å². The molecule has 3 aromatic carbocycles. The highest BCUT2D eigenvalue weighted by Crippen LogP contribution is 2.44. The van der Waals surface area contributed by atoms with Gasteiger partial charge in [0.15, 0.2) is 6.04 Å². The van der Waals surface area contributed by atoms with Crippen LogP contribution in [-0.4, -0.2) is 37.9 Å². The highest BCUT2D eigenvalue weighted by molar-refractivity contribution is 5.82. The molecule has 4 rings (SSSR count). The van der Waals surface area contributed by atoms with Crippen LogP contribution in [0.2, 0.25) is 0 Å². The topological polar surface area (TPSA) is 73.9 Å². The average molecular weight is 458 g/mol. The fourth-order valence-corrected chi connectivity index (χ4v) is 4.05. The second-order valence-electron chi connectivity index (χ2n) is 7.94. The summed E-state index contributed by atoms with van der Waals surface area (Å²) in [6.07, 6.45) is 0.866. The largest absolute Gasteiger partial charge is 0.459 e. The van der Waals surface area contributed by atoms with Crippen LogP contribution in [0.4, 0.5) is 4.79 Å². The molecule has 0 radical (unpaired) electrons. The summed E-state index contributed by atoms with van der Waals surface area (Å²) in [6.45, 7) is 4.04. The van der Waals surface area contributed by atoms with Gasteiger partial charge in [-0.2, -0.15) is 0 Å². The third-order valence-corrected chi connectivity index (χ3v) is 5.66. The summed E-state index contributed by atoms with van der Waals surface area (Å²) in [5.41, 5.74) is 5.37. The molecule has 0 unspecified atom stereocenters. The Bertz CT molecular complexity index is 1100. The van der Waals surface area contributed by atoms with Gasteiger partial charge in [-0.25, -0.2) is 9.59 Å². The van der Waals surface area contributed by atoms with Crippen molar-refractivity contribution in [3.63, 3.8) is 0 Å². The van der Waals surface area contributed by atoms with Crippen molar-refractivity contribution in [1.29, 1.82) is 0 Å². The van der Waals surface area contributed by atoms with Crippen molar-refractivity contribution in [3.8, 4) is 11.1 Å². The predicted molar refractivity (Wildman–Crippen MR) is 129 cm³/mol. The Morgan fingerprint density at radius 3 is 2.15 bits per heavy atom. The van der Waals surface area contributed by atoms with Gasteiger partial charge in [0, 0.05) is 5.92 Å². The zero-order chi connectivity index (χ0) is 23.8. The van der Waals surface area contributed by atoms with Gasteiger partial charge < -0.3 is 19.5 Å². The number of esters is 1. The van der Waals surface area contributed by atoms with Gasteiger partial charge in [0.2, 0.25) is 0 Å². The summed E-state index contributed by atoms with van der Waals surface area (Å²) in [5, 5.41) is 2.59. The highest BCUT2D eigenvalue weighted by Gasteiger charge is 2.30. The minimum Gasteiger partial charge on any atom is -0.459 e. The molecule has 0 aromatic heterocycles. The maximum absolute atomic E-state index is 12.6. The standard InChI is InChI=1S/C28H27NO5/c1-2-16-32-19-26(27(30)33-17-20-10-4-3-5-11-20)29-28(31)34-18-25-23-14-8-6-12-21(23)22-13-7-9-15-24(22)25/h2-15,25-26H,1,16-19H2,(H,29,31)/t26-/m0/s1. The molecule has 0 aliphatic heterocycles. The first-order valence-electron chi connectivity index (χ1n) is 11.2. The Labute approximate surface area is 199 Å². The molecule has 0 saturated carbocycles. The van der Waals surface area contributed by atoms with E-state index in [-0.39, 0.29) is 32.3 Å². The smallest absolute Gasteiger partial charge is 0.407 e. The zero-order valence-electron chi connectivity index (χ0n) is 18.8. The number of rotatable bonds is 10. The molecule has 0 fully saturated rings. The molecule has 0 bridgehead atoms. The van der Waals surface area contributed by atoms with Gasteiger partial charge in [0.05, 0.1) is 13.2 Å². The molecule has 1 amide bonds. The molecule has 0 saturated heterocycles. The molecule has 1 aliphatic rings. The summed E-state index contributed by atoms with van der Waals surface area (Å²) in [6, 6.07) is 24.5.